The topological polar surface area (TPSA) is 84.7 Å². The summed E-state index contributed by atoms with van der Waals surface area (Å²) in [6, 6.07) is 1.61. The first-order valence-corrected chi connectivity index (χ1v) is 5.60. The molecule has 88 valence electrons. The summed E-state index contributed by atoms with van der Waals surface area (Å²) in [6.45, 7) is 1.80. The van der Waals surface area contributed by atoms with Crippen molar-refractivity contribution in [2.24, 2.45) is 0 Å². The third-order valence-corrected chi connectivity index (χ3v) is 3.07. The Kier molecular flexibility index (Phi) is 2.28. The number of H-pyrrole nitrogens is 1. The third kappa shape index (κ3) is 1.86. The number of hydrogen-bond donors (Lipinski definition) is 1. The predicted molar refractivity (Wildman–Crippen MR) is 58.7 cm³/mol. The second-order valence-electron chi connectivity index (χ2n) is 4.32. The number of nitrogens with one attached hydrogen (secondary N) is 1. The quantitative estimate of drug-likeness (QED) is 0.783. The lowest BCUT2D eigenvalue weighted by molar-refractivity contribution is 0.337. The number of hydrogen-bond acceptors (Lipinski definition) is 5. The molecule has 0 aromatic carbocycles. The van der Waals surface area contributed by atoms with Gasteiger partial charge in [0, 0.05) is 12.0 Å². The van der Waals surface area contributed by atoms with E-state index in [2.05, 4.69) is 20.3 Å². The Morgan fingerprint density at radius 3 is 3.18 bits per heavy atom. The number of aromatic amines is 1. The molecule has 2 aromatic heterocycles. The molecule has 1 atom stereocenters. The van der Waals surface area contributed by atoms with E-state index < -0.39 is 0 Å². The van der Waals surface area contributed by atoms with Crippen LogP contribution in [0.4, 0.5) is 0 Å². The van der Waals surface area contributed by atoms with Crippen LogP contribution in [0.5, 0.6) is 0 Å². The third-order valence-electron chi connectivity index (χ3n) is 3.07. The zero-order chi connectivity index (χ0) is 11.8. The van der Waals surface area contributed by atoms with Gasteiger partial charge in [0.05, 0.1) is 5.69 Å². The van der Waals surface area contributed by atoms with Gasteiger partial charge in [0.2, 0.25) is 5.89 Å². The van der Waals surface area contributed by atoms with Gasteiger partial charge in [-0.3, -0.25) is 4.79 Å². The molecule has 0 fully saturated rings. The van der Waals surface area contributed by atoms with Gasteiger partial charge in [0.25, 0.3) is 5.56 Å². The second-order valence-corrected chi connectivity index (χ2v) is 4.32. The van der Waals surface area contributed by atoms with E-state index in [9.17, 15) is 4.79 Å². The van der Waals surface area contributed by atoms with Crippen LogP contribution >= 0.6 is 0 Å². The normalized spacial score (nSPS) is 19.0. The van der Waals surface area contributed by atoms with Crippen molar-refractivity contribution in [2.45, 2.75) is 32.1 Å². The summed E-state index contributed by atoms with van der Waals surface area (Å²) in [6.07, 6.45) is 2.50. The van der Waals surface area contributed by atoms with Crippen molar-refractivity contribution in [1.29, 1.82) is 0 Å². The van der Waals surface area contributed by atoms with Crippen molar-refractivity contribution in [2.75, 3.05) is 0 Å². The Balaban J connectivity index is 1.92. The van der Waals surface area contributed by atoms with Gasteiger partial charge < -0.3 is 4.52 Å². The van der Waals surface area contributed by atoms with E-state index in [1.54, 1.807) is 13.0 Å². The molecular formula is C11H12N4O2. The minimum absolute atomic E-state index is 0.161. The first-order chi connectivity index (χ1) is 8.22. The summed E-state index contributed by atoms with van der Waals surface area (Å²) in [5.41, 5.74) is 1.80. The smallest absolute Gasteiger partial charge is 0.264 e. The molecule has 3 rings (SSSR count). The van der Waals surface area contributed by atoms with Gasteiger partial charge in [0.1, 0.15) is 0 Å². The van der Waals surface area contributed by atoms with Crippen molar-refractivity contribution in [3.63, 3.8) is 0 Å². The van der Waals surface area contributed by atoms with Crippen LogP contribution in [0, 0.1) is 6.92 Å². The molecule has 1 N–H and O–H groups in total. The predicted octanol–water partition coefficient (Wildman–Crippen LogP) is 0.734. The summed E-state index contributed by atoms with van der Waals surface area (Å²) in [5, 5.41) is 10.3. The van der Waals surface area contributed by atoms with E-state index in [0.29, 0.717) is 11.7 Å². The number of fused-ring (bicyclic) bond motifs is 1. The van der Waals surface area contributed by atoms with Crippen LogP contribution in [-0.2, 0) is 12.8 Å². The van der Waals surface area contributed by atoms with Gasteiger partial charge in [-0.05, 0) is 31.7 Å². The molecule has 1 aliphatic rings. The zero-order valence-electron chi connectivity index (χ0n) is 9.43. The molecular weight excluding hydrogens is 220 g/mol. The largest absolute Gasteiger partial charge is 0.339 e. The van der Waals surface area contributed by atoms with E-state index in [1.165, 1.54) is 0 Å². The van der Waals surface area contributed by atoms with Crippen LogP contribution in [0.15, 0.2) is 15.4 Å². The minimum atomic E-state index is -0.161. The highest BCUT2D eigenvalue weighted by Gasteiger charge is 2.25. The summed E-state index contributed by atoms with van der Waals surface area (Å²) in [4.78, 5) is 15.5. The van der Waals surface area contributed by atoms with E-state index in [4.69, 9.17) is 4.52 Å². The van der Waals surface area contributed by atoms with Crippen LogP contribution in [0.25, 0.3) is 0 Å². The van der Waals surface area contributed by atoms with E-state index >= 15 is 0 Å². The minimum Gasteiger partial charge on any atom is -0.339 e. The number of aromatic nitrogens is 4. The average molecular weight is 232 g/mol. The van der Waals surface area contributed by atoms with Crippen molar-refractivity contribution in [3.05, 3.63) is 39.4 Å². The van der Waals surface area contributed by atoms with Crippen molar-refractivity contribution in [1.82, 2.24) is 20.3 Å². The highest BCUT2D eigenvalue weighted by molar-refractivity contribution is 5.23. The molecule has 0 saturated carbocycles. The standard InChI is InChI=1S/C11H12N4O2/c1-6-12-11(17-15-6)7-2-3-9-8(4-7)5-10(16)14-13-9/h5,7H,2-4H2,1H3,(H,14,16)/t7-/m1/s1. The van der Waals surface area contributed by atoms with Gasteiger partial charge in [-0.25, -0.2) is 5.10 Å². The number of aryl methyl sites for hydroxylation is 2. The fourth-order valence-corrected chi connectivity index (χ4v) is 2.23. The van der Waals surface area contributed by atoms with Crippen LogP contribution in [0.2, 0.25) is 0 Å². The average Bonchev–Trinajstić information content (AvgIpc) is 2.75. The summed E-state index contributed by atoms with van der Waals surface area (Å²) in [5.74, 6) is 1.51. The van der Waals surface area contributed by atoms with Crippen molar-refractivity contribution >= 4 is 0 Å². The first kappa shape index (κ1) is 10.2. The lowest BCUT2D eigenvalue weighted by atomic mass is 9.87. The van der Waals surface area contributed by atoms with E-state index in [-0.39, 0.29) is 11.5 Å². The van der Waals surface area contributed by atoms with E-state index in [0.717, 1.165) is 30.5 Å². The molecule has 0 bridgehead atoms. The molecule has 0 spiro atoms. The fourth-order valence-electron chi connectivity index (χ4n) is 2.23. The lowest BCUT2D eigenvalue weighted by Gasteiger charge is -2.19. The lowest BCUT2D eigenvalue weighted by Crippen LogP contribution is -2.19. The Hall–Kier alpha value is -1.98. The summed E-state index contributed by atoms with van der Waals surface area (Å²) in [7, 11) is 0. The fraction of sp³-hybridized carbons (Fsp3) is 0.455. The van der Waals surface area contributed by atoms with Gasteiger partial charge in [0.15, 0.2) is 5.82 Å². The van der Waals surface area contributed by atoms with Crippen molar-refractivity contribution < 1.29 is 4.52 Å². The van der Waals surface area contributed by atoms with Gasteiger partial charge in [-0.1, -0.05) is 5.16 Å². The Bertz CT molecular complexity index is 602. The molecule has 0 unspecified atom stereocenters. The molecule has 0 aliphatic heterocycles. The maximum Gasteiger partial charge on any atom is 0.264 e. The molecule has 0 amide bonds. The highest BCUT2D eigenvalue weighted by Crippen LogP contribution is 2.29. The molecule has 6 nitrogen and oxygen atoms in total. The SMILES string of the molecule is Cc1noc([C@@H]2CCc3n[nH]c(=O)cc3C2)n1. The Morgan fingerprint density at radius 2 is 2.41 bits per heavy atom. The summed E-state index contributed by atoms with van der Waals surface area (Å²) < 4.78 is 5.18. The van der Waals surface area contributed by atoms with E-state index in [1.807, 2.05) is 0 Å². The molecule has 6 heteroatoms. The van der Waals surface area contributed by atoms with Crippen molar-refractivity contribution in [3.8, 4) is 0 Å². The highest BCUT2D eigenvalue weighted by atomic mass is 16.5. The monoisotopic (exact) mass is 232 g/mol. The number of rotatable bonds is 1. The summed E-state index contributed by atoms with van der Waals surface area (Å²) >= 11 is 0. The maximum atomic E-state index is 11.2. The molecule has 2 heterocycles. The van der Waals surface area contributed by atoms with Gasteiger partial charge >= 0.3 is 0 Å². The molecule has 0 radical (unpaired) electrons. The maximum absolute atomic E-state index is 11.2. The van der Waals surface area contributed by atoms with Crippen LogP contribution in [-0.4, -0.2) is 20.3 Å². The molecule has 17 heavy (non-hydrogen) atoms. The molecule has 0 saturated heterocycles. The van der Waals surface area contributed by atoms with Crippen LogP contribution in [0.3, 0.4) is 0 Å². The second kappa shape index (κ2) is 3.80. The number of nitrogens with zero attached hydrogens (tertiary/aromatic N) is 3. The Morgan fingerprint density at radius 1 is 1.53 bits per heavy atom. The Labute approximate surface area is 97.1 Å². The zero-order valence-corrected chi connectivity index (χ0v) is 9.43. The van der Waals surface area contributed by atoms with Crippen LogP contribution < -0.4 is 5.56 Å². The van der Waals surface area contributed by atoms with Crippen LogP contribution in [0.1, 0.15) is 35.3 Å². The molecule has 1 aliphatic carbocycles. The molecule has 2 aromatic rings. The first-order valence-electron chi connectivity index (χ1n) is 5.60. The van der Waals surface area contributed by atoms with Gasteiger partial charge in [-0.2, -0.15) is 10.1 Å². The van der Waals surface area contributed by atoms with Gasteiger partial charge in [-0.15, -0.1) is 0 Å².